The smallest absolute Gasteiger partial charge is 0.312 e. The predicted octanol–water partition coefficient (Wildman–Crippen LogP) is 0.0354. The van der Waals surface area contributed by atoms with Gasteiger partial charge in [-0.3, -0.25) is 4.79 Å². The van der Waals surface area contributed by atoms with Crippen molar-refractivity contribution in [3.63, 3.8) is 0 Å². The maximum Gasteiger partial charge on any atom is 0.312 e. The van der Waals surface area contributed by atoms with Gasteiger partial charge in [0.25, 0.3) is 0 Å². The third kappa shape index (κ3) is 4.09. The minimum Gasteiger partial charge on any atom is -0.352 e. The molecule has 1 unspecified atom stereocenters. The molecule has 2 aliphatic rings. The van der Waals surface area contributed by atoms with E-state index in [1.807, 2.05) is 4.90 Å². The summed E-state index contributed by atoms with van der Waals surface area (Å²) < 4.78 is 0. The van der Waals surface area contributed by atoms with E-state index in [0.717, 1.165) is 51.7 Å². The lowest BCUT2D eigenvalue weighted by molar-refractivity contribution is -0.135. The lowest BCUT2D eigenvalue weighted by atomic mass is 9.96. The molecule has 0 radical (unpaired) electrons. The van der Waals surface area contributed by atoms with Gasteiger partial charge >= 0.3 is 6.03 Å². The molecule has 2 saturated heterocycles. The van der Waals surface area contributed by atoms with E-state index in [1.54, 1.807) is 0 Å². The zero-order valence-corrected chi connectivity index (χ0v) is 11.4. The average molecular weight is 268 g/mol. The monoisotopic (exact) mass is 268 g/mol. The highest BCUT2D eigenvalue weighted by molar-refractivity contribution is 5.82. The van der Waals surface area contributed by atoms with Gasteiger partial charge in [0.05, 0.1) is 6.04 Å². The van der Waals surface area contributed by atoms with Gasteiger partial charge in [-0.15, -0.1) is 0 Å². The molecule has 3 amide bonds. The second kappa shape index (κ2) is 6.75. The number of nitrogens with two attached hydrogens (primary N) is 1. The van der Waals surface area contributed by atoms with Gasteiger partial charge < -0.3 is 21.3 Å². The summed E-state index contributed by atoms with van der Waals surface area (Å²) in [5, 5.41) is 5.94. The summed E-state index contributed by atoms with van der Waals surface area (Å²) >= 11 is 0. The molecule has 0 aromatic heterocycles. The fourth-order valence-corrected chi connectivity index (χ4v) is 2.96. The van der Waals surface area contributed by atoms with Crippen LogP contribution in [0.25, 0.3) is 0 Å². The number of primary amides is 1. The number of hydrogen-bond donors (Lipinski definition) is 3. The van der Waals surface area contributed by atoms with Crippen molar-refractivity contribution in [1.82, 2.24) is 15.5 Å². The molecule has 108 valence electrons. The zero-order chi connectivity index (χ0) is 13.7. The third-order valence-corrected chi connectivity index (χ3v) is 4.00. The Morgan fingerprint density at radius 1 is 1.26 bits per heavy atom. The normalized spacial score (nSPS) is 27.9. The van der Waals surface area contributed by atoms with Crippen LogP contribution in [0.3, 0.4) is 0 Å². The van der Waals surface area contributed by atoms with Crippen molar-refractivity contribution in [3.05, 3.63) is 0 Å². The van der Waals surface area contributed by atoms with Crippen molar-refractivity contribution >= 4 is 11.9 Å². The van der Waals surface area contributed by atoms with Crippen molar-refractivity contribution in [2.45, 2.75) is 38.1 Å². The van der Waals surface area contributed by atoms with Crippen molar-refractivity contribution < 1.29 is 9.59 Å². The molecular weight excluding hydrogens is 244 g/mol. The number of amides is 3. The Balaban J connectivity index is 1.82. The predicted molar refractivity (Wildman–Crippen MR) is 72.5 cm³/mol. The largest absolute Gasteiger partial charge is 0.352 e. The first kappa shape index (κ1) is 14.1. The number of likely N-dealkylation sites (tertiary alicyclic amines) is 1. The van der Waals surface area contributed by atoms with E-state index in [4.69, 9.17) is 5.73 Å². The molecule has 2 fully saturated rings. The van der Waals surface area contributed by atoms with Crippen LogP contribution in [0.2, 0.25) is 0 Å². The molecule has 0 aliphatic carbocycles. The third-order valence-electron chi connectivity index (χ3n) is 4.00. The molecule has 0 bridgehead atoms. The average Bonchev–Trinajstić information content (AvgIpc) is 2.45. The van der Waals surface area contributed by atoms with Crippen molar-refractivity contribution in [2.75, 3.05) is 26.2 Å². The first-order chi connectivity index (χ1) is 9.16. The van der Waals surface area contributed by atoms with E-state index < -0.39 is 6.03 Å². The number of rotatable bonds is 3. The summed E-state index contributed by atoms with van der Waals surface area (Å²) in [5.41, 5.74) is 5.08. The summed E-state index contributed by atoms with van der Waals surface area (Å²) in [7, 11) is 0. The molecule has 2 atom stereocenters. The first-order valence-corrected chi connectivity index (χ1v) is 7.22. The summed E-state index contributed by atoms with van der Waals surface area (Å²) in [6.07, 6.45) is 5.28. The molecule has 0 saturated carbocycles. The van der Waals surface area contributed by atoms with E-state index >= 15 is 0 Å². The van der Waals surface area contributed by atoms with Crippen LogP contribution >= 0.6 is 0 Å². The zero-order valence-electron chi connectivity index (χ0n) is 11.4. The fourth-order valence-electron chi connectivity index (χ4n) is 2.96. The molecule has 2 rings (SSSR count). The highest BCUT2D eigenvalue weighted by Gasteiger charge is 2.29. The Morgan fingerprint density at radius 3 is 2.79 bits per heavy atom. The van der Waals surface area contributed by atoms with Crippen LogP contribution < -0.4 is 16.4 Å². The summed E-state index contributed by atoms with van der Waals surface area (Å²) in [6.45, 7) is 3.08. The summed E-state index contributed by atoms with van der Waals surface area (Å²) in [4.78, 5) is 25.1. The Kier molecular flexibility index (Phi) is 5.01. The second-order valence-electron chi connectivity index (χ2n) is 5.54. The minimum absolute atomic E-state index is 0.00315. The van der Waals surface area contributed by atoms with Crippen molar-refractivity contribution in [1.29, 1.82) is 0 Å². The highest BCUT2D eigenvalue weighted by atomic mass is 16.2. The summed E-state index contributed by atoms with van der Waals surface area (Å²) in [5.74, 6) is 0.553. The van der Waals surface area contributed by atoms with Crippen LogP contribution in [-0.4, -0.2) is 49.1 Å². The van der Waals surface area contributed by atoms with Crippen molar-refractivity contribution in [2.24, 2.45) is 11.7 Å². The van der Waals surface area contributed by atoms with Crippen LogP contribution in [0.5, 0.6) is 0 Å². The standard InChI is InChI=1S/C13H24N4O2/c14-13(19)16-8-10-4-3-7-17(9-10)12(18)11-5-1-2-6-15-11/h10-11,15H,1-9H2,(H3,14,16,19)/t10?,11-/m1/s1. The summed E-state index contributed by atoms with van der Waals surface area (Å²) in [6, 6.07) is -0.492. The van der Waals surface area contributed by atoms with E-state index in [0.29, 0.717) is 12.5 Å². The topological polar surface area (TPSA) is 87.5 Å². The number of nitrogens with one attached hydrogen (secondary N) is 2. The van der Waals surface area contributed by atoms with Gasteiger partial charge in [0, 0.05) is 19.6 Å². The fraction of sp³-hybridized carbons (Fsp3) is 0.846. The van der Waals surface area contributed by atoms with Gasteiger partial charge in [-0.25, -0.2) is 4.79 Å². The maximum absolute atomic E-state index is 12.4. The van der Waals surface area contributed by atoms with Gasteiger partial charge in [0.1, 0.15) is 0 Å². The second-order valence-corrected chi connectivity index (χ2v) is 5.54. The first-order valence-electron chi connectivity index (χ1n) is 7.22. The number of carbonyl (C=O) groups excluding carboxylic acids is 2. The molecule has 2 heterocycles. The van der Waals surface area contributed by atoms with Crippen LogP contribution in [0.4, 0.5) is 4.79 Å². The molecule has 19 heavy (non-hydrogen) atoms. The van der Waals surface area contributed by atoms with Gasteiger partial charge in [-0.05, 0) is 38.1 Å². The van der Waals surface area contributed by atoms with Crippen LogP contribution in [0.1, 0.15) is 32.1 Å². The van der Waals surface area contributed by atoms with Crippen LogP contribution in [0, 0.1) is 5.92 Å². The Labute approximate surface area is 114 Å². The van der Waals surface area contributed by atoms with Gasteiger partial charge in [-0.1, -0.05) is 6.42 Å². The highest BCUT2D eigenvalue weighted by Crippen LogP contribution is 2.18. The van der Waals surface area contributed by atoms with E-state index in [2.05, 4.69) is 10.6 Å². The maximum atomic E-state index is 12.4. The molecule has 6 heteroatoms. The number of carbonyl (C=O) groups is 2. The Hall–Kier alpha value is -1.30. The SMILES string of the molecule is NC(=O)NCC1CCCN(C(=O)[C@H]2CCCCN2)C1. The van der Waals surface area contributed by atoms with E-state index in [1.165, 1.54) is 0 Å². The number of nitrogens with zero attached hydrogens (tertiary/aromatic N) is 1. The number of hydrogen-bond acceptors (Lipinski definition) is 3. The molecule has 0 aromatic carbocycles. The van der Waals surface area contributed by atoms with Crippen molar-refractivity contribution in [3.8, 4) is 0 Å². The van der Waals surface area contributed by atoms with Gasteiger partial charge in [0.15, 0.2) is 0 Å². The van der Waals surface area contributed by atoms with E-state index in [-0.39, 0.29) is 11.9 Å². The molecule has 2 aliphatic heterocycles. The quantitative estimate of drug-likeness (QED) is 0.675. The molecule has 4 N–H and O–H groups in total. The number of urea groups is 1. The lowest BCUT2D eigenvalue weighted by Crippen LogP contribution is -2.52. The van der Waals surface area contributed by atoms with E-state index in [9.17, 15) is 9.59 Å². The molecule has 0 spiro atoms. The van der Waals surface area contributed by atoms with Crippen LogP contribution in [0.15, 0.2) is 0 Å². The van der Waals surface area contributed by atoms with Gasteiger partial charge in [-0.2, -0.15) is 0 Å². The van der Waals surface area contributed by atoms with Gasteiger partial charge in [0.2, 0.25) is 5.91 Å². The van der Waals surface area contributed by atoms with Crippen LogP contribution in [-0.2, 0) is 4.79 Å². The molecular formula is C13H24N4O2. The Bertz CT molecular complexity index is 329. The number of piperidine rings is 2. The molecule has 6 nitrogen and oxygen atoms in total. The Morgan fingerprint density at radius 2 is 2.11 bits per heavy atom. The molecule has 0 aromatic rings. The minimum atomic E-state index is -0.489. The lowest BCUT2D eigenvalue weighted by Gasteiger charge is -2.36.